The average Bonchev–Trinajstić information content (AvgIpc) is 3.23. The first-order chi connectivity index (χ1) is 18.5. The predicted molar refractivity (Wildman–Crippen MR) is 142 cm³/mol. The van der Waals surface area contributed by atoms with Crippen molar-refractivity contribution in [3.05, 3.63) is 71.3 Å². The van der Waals surface area contributed by atoms with E-state index in [4.69, 9.17) is 27.9 Å². The summed E-state index contributed by atoms with van der Waals surface area (Å²) in [4.78, 5) is 51.2. The number of halogens is 2. The number of allylic oxidation sites excluding steroid dienone is 2. The molecular weight excluding hydrogens is 543 g/mol. The van der Waals surface area contributed by atoms with E-state index in [-0.39, 0.29) is 42.6 Å². The summed E-state index contributed by atoms with van der Waals surface area (Å²) in [7, 11) is 2.77. The zero-order valence-electron chi connectivity index (χ0n) is 21.3. The van der Waals surface area contributed by atoms with Gasteiger partial charge in [-0.3, -0.25) is 29.0 Å². The molecule has 2 aliphatic carbocycles. The van der Waals surface area contributed by atoms with Crippen molar-refractivity contribution in [2.75, 3.05) is 14.1 Å². The number of hydrogen-bond acceptors (Lipinski definition) is 6. The van der Waals surface area contributed by atoms with Crippen LogP contribution in [0, 0.1) is 17.8 Å². The number of aromatic hydroxyl groups is 1. The number of imide groups is 2. The van der Waals surface area contributed by atoms with Gasteiger partial charge in [0.15, 0.2) is 9.75 Å². The Morgan fingerprint density at radius 1 is 0.949 bits per heavy atom. The second kappa shape index (κ2) is 8.83. The number of phenols is 1. The van der Waals surface area contributed by atoms with E-state index >= 15 is 0 Å². The Labute approximate surface area is 235 Å². The van der Waals surface area contributed by atoms with E-state index in [1.807, 2.05) is 36.4 Å². The third-order valence-corrected chi connectivity index (χ3v) is 10.2. The molecule has 4 aliphatic rings. The van der Waals surface area contributed by atoms with Crippen LogP contribution in [-0.2, 0) is 25.8 Å². The van der Waals surface area contributed by atoms with E-state index in [0.29, 0.717) is 11.3 Å². The number of likely N-dealkylation sites (tertiary alicyclic amines) is 2. The molecular formula is C29H26Cl2N2O6. The maximum absolute atomic E-state index is 13.6. The Kier molecular flexibility index (Phi) is 5.86. The van der Waals surface area contributed by atoms with E-state index in [9.17, 15) is 24.3 Å². The molecule has 6 atom stereocenters. The molecule has 3 fully saturated rings. The van der Waals surface area contributed by atoms with Crippen molar-refractivity contribution >= 4 is 46.8 Å². The van der Waals surface area contributed by atoms with Crippen molar-refractivity contribution in [3.63, 3.8) is 0 Å². The van der Waals surface area contributed by atoms with Crippen LogP contribution in [0.25, 0.3) is 0 Å². The molecule has 1 saturated carbocycles. The van der Waals surface area contributed by atoms with Crippen molar-refractivity contribution in [1.29, 1.82) is 0 Å². The fourth-order valence-corrected chi connectivity index (χ4v) is 7.86. The molecule has 10 heteroatoms. The first kappa shape index (κ1) is 25.9. The van der Waals surface area contributed by atoms with Crippen LogP contribution in [0.4, 0.5) is 0 Å². The minimum atomic E-state index is -1.95. The molecule has 0 aromatic heterocycles. The van der Waals surface area contributed by atoms with Gasteiger partial charge in [-0.15, -0.1) is 23.2 Å². The summed E-state index contributed by atoms with van der Waals surface area (Å²) >= 11 is 14.2. The lowest BCUT2D eigenvalue weighted by atomic mass is 9.56. The zero-order valence-corrected chi connectivity index (χ0v) is 22.8. The van der Waals surface area contributed by atoms with Crippen LogP contribution >= 0.6 is 23.2 Å². The number of carbonyl (C=O) groups is 4. The maximum Gasteiger partial charge on any atom is 0.253 e. The summed E-state index contributed by atoms with van der Waals surface area (Å²) in [5.41, 5.74) is 1.87. The molecule has 1 N–H and O–H groups in total. The fourth-order valence-electron chi connectivity index (χ4n) is 6.85. The summed E-state index contributed by atoms with van der Waals surface area (Å²) in [5.74, 6) is -4.70. The summed E-state index contributed by atoms with van der Waals surface area (Å²) in [6, 6.07) is 14.3. The van der Waals surface area contributed by atoms with E-state index in [1.54, 1.807) is 12.1 Å². The van der Waals surface area contributed by atoms with Crippen molar-refractivity contribution < 1.29 is 29.0 Å². The van der Waals surface area contributed by atoms with Crippen LogP contribution in [0.15, 0.2) is 60.2 Å². The highest BCUT2D eigenvalue weighted by Crippen LogP contribution is 2.66. The summed E-state index contributed by atoms with van der Waals surface area (Å²) in [5, 5.41) is 11.2. The number of ether oxygens (including phenoxy) is 1. The number of phenolic OH excluding ortho intramolecular Hbond substituents is 1. The Balaban J connectivity index is 1.45. The predicted octanol–water partition coefficient (Wildman–Crippen LogP) is 3.59. The maximum atomic E-state index is 13.6. The molecule has 202 valence electrons. The van der Waals surface area contributed by atoms with Gasteiger partial charge in [-0.2, -0.15) is 0 Å². The topological polar surface area (TPSA) is 104 Å². The van der Waals surface area contributed by atoms with Crippen LogP contribution in [0.2, 0.25) is 0 Å². The van der Waals surface area contributed by atoms with Gasteiger partial charge >= 0.3 is 0 Å². The Morgan fingerprint density at radius 2 is 1.67 bits per heavy atom. The van der Waals surface area contributed by atoms with Gasteiger partial charge in [0.1, 0.15) is 18.1 Å². The second-order valence-electron chi connectivity index (χ2n) is 10.7. The summed E-state index contributed by atoms with van der Waals surface area (Å²) in [6.45, 7) is 0.283. The van der Waals surface area contributed by atoms with E-state index in [2.05, 4.69) is 0 Å². The number of hydrogen-bond donors (Lipinski definition) is 1. The van der Waals surface area contributed by atoms with Crippen LogP contribution < -0.4 is 4.74 Å². The van der Waals surface area contributed by atoms with Gasteiger partial charge in [-0.1, -0.05) is 48.0 Å². The first-order valence-electron chi connectivity index (χ1n) is 12.7. The van der Waals surface area contributed by atoms with Crippen LogP contribution in [0.5, 0.6) is 11.5 Å². The molecule has 0 spiro atoms. The van der Waals surface area contributed by atoms with Gasteiger partial charge in [-0.05, 0) is 30.4 Å². The molecule has 0 unspecified atom stereocenters. The summed E-state index contributed by atoms with van der Waals surface area (Å²) in [6.07, 6.45) is 2.03. The van der Waals surface area contributed by atoms with Crippen molar-refractivity contribution in [2.24, 2.45) is 17.8 Å². The molecule has 8 nitrogen and oxygen atoms in total. The quantitative estimate of drug-likeness (QED) is 0.343. The third kappa shape index (κ3) is 3.44. The van der Waals surface area contributed by atoms with Crippen molar-refractivity contribution in [1.82, 2.24) is 9.80 Å². The highest BCUT2D eigenvalue weighted by Gasteiger charge is 2.76. The number of nitrogens with zero attached hydrogens (tertiary/aromatic N) is 2. The summed E-state index contributed by atoms with van der Waals surface area (Å²) < 4.78 is 5.85. The van der Waals surface area contributed by atoms with Gasteiger partial charge in [0.2, 0.25) is 11.8 Å². The van der Waals surface area contributed by atoms with Gasteiger partial charge in [0.05, 0.1) is 11.8 Å². The smallest absolute Gasteiger partial charge is 0.253 e. The van der Waals surface area contributed by atoms with Crippen molar-refractivity contribution in [2.45, 2.75) is 35.1 Å². The monoisotopic (exact) mass is 568 g/mol. The lowest BCUT2D eigenvalue weighted by molar-refractivity contribution is -0.140. The average molecular weight is 569 g/mol. The minimum Gasteiger partial charge on any atom is -0.508 e. The fraction of sp³-hybridized carbons (Fsp3) is 0.379. The van der Waals surface area contributed by atoms with Gasteiger partial charge < -0.3 is 9.84 Å². The largest absolute Gasteiger partial charge is 0.508 e. The van der Waals surface area contributed by atoms with Crippen LogP contribution in [0.3, 0.4) is 0 Å². The standard InChI is InChI=1S/C29H26Cl2N2O6/c1-32-24(35)19-11-10-17-20(22(19)25(32)36)13-28(30)26(37)33(2)27(38)29(28,31)23(17)18-9-8-16(12-21(18)34)39-14-15-6-4-3-5-7-15/h3-10,12,19-20,22-23,34H,11,13-14H2,1-2H3/t19-,20+,22-,23+,28+,29-/m0/s1. The van der Waals surface area contributed by atoms with Crippen LogP contribution in [-0.4, -0.2) is 62.4 Å². The second-order valence-corrected chi connectivity index (χ2v) is 12.0. The molecule has 2 aromatic carbocycles. The molecule has 2 aliphatic heterocycles. The molecule has 2 saturated heterocycles. The van der Waals surface area contributed by atoms with Gasteiger partial charge in [0, 0.05) is 31.6 Å². The Morgan fingerprint density at radius 3 is 2.36 bits per heavy atom. The van der Waals surface area contributed by atoms with Gasteiger partial charge in [-0.25, -0.2) is 0 Å². The normalized spacial score (nSPS) is 33.6. The molecule has 39 heavy (non-hydrogen) atoms. The number of alkyl halides is 2. The molecule has 2 heterocycles. The van der Waals surface area contributed by atoms with Crippen molar-refractivity contribution in [3.8, 4) is 11.5 Å². The number of carbonyl (C=O) groups excluding carboxylic acids is 4. The number of fused-ring (bicyclic) bond motifs is 4. The lowest BCUT2D eigenvalue weighted by Gasteiger charge is -2.50. The number of benzene rings is 2. The molecule has 4 amide bonds. The zero-order chi connectivity index (χ0) is 27.9. The number of amides is 4. The van der Waals surface area contributed by atoms with E-state index in [1.165, 1.54) is 20.2 Å². The Bertz CT molecular complexity index is 1460. The number of rotatable bonds is 4. The SMILES string of the molecule is CN1C(=O)[C@H]2[C@H](CC=C3[C@H]2C[C@@]2(Cl)C(=O)N(C)C(=O)[C@@]2(Cl)[C@H]3c2ccc(OCc3ccccc3)cc2O)C1=O. The van der Waals surface area contributed by atoms with Gasteiger partial charge in [0.25, 0.3) is 11.8 Å². The van der Waals surface area contributed by atoms with E-state index < -0.39 is 45.2 Å². The molecule has 0 radical (unpaired) electrons. The Hall–Kier alpha value is -3.36. The molecule has 2 aromatic rings. The third-order valence-electron chi connectivity index (χ3n) is 8.80. The van der Waals surface area contributed by atoms with E-state index in [0.717, 1.165) is 15.4 Å². The molecule has 0 bridgehead atoms. The van der Waals surface area contributed by atoms with Crippen LogP contribution in [0.1, 0.15) is 29.9 Å². The minimum absolute atomic E-state index is 0.0810. The highest BCUT2D eigenvalue weighted by atomic mass is 35.5. The highest BCUT2D eigenvalue weighted by molar-refractivity contribution is 6.53. The lowest BCUT2D eigenvalue weighted by Crippen LogP contribution is -2.60. The molecule has 6 rings (SSSR count). The first-order valence-corrected chi connectivity index (χ1v) is 13.5.